The number of likely N-dealkylation sites (tertiary alicyclic amines) is 1. The molecule has 3 heterocycles. The number of thiazole rings is 1. The van der Waals surface area contributed by atoms with Gasteiger partial charge >= 0.3 is 0 Å². The van der Waals surface area contributed by atoms with Gasteiger partial charge in [-0.15, -0.1) is 11.3 Å². The SMILES string of the molecule is Cc1nc(CCCNC(=O)C2CCCN(Cc3ccco3)C2)sc1C. The molecule has 3 rings (SSSR count). The first-order valence-corrected chi connectivity index (χ1v) is 9.89. The summed E-state index contributed by atoms with van der Waals surface area (Å²) in [6.45, 7) is 7.53. The van der Waals surface area contributed by atoms with E-state index in [1.54, 1.807) is 17.6 Å². The van der Waals surface area contributed by atoms with Crippen LogP contribution < -0.4 is 5.32 Å². The molecule has 0 aliphatic carbocycles. The number of piperidine rings is 1. The molecule has 1 aliphatic heterocycles. The van der Waals surface area contributed by atoms with Crippen LogP contribution in [-0.2, 0) is 17.8 Å². The number of aryl methyl sites for hydroxylation is 3. The number of rotatable bonds is 7. The molecule has 1 fully saturated rings. The van der Waals surface area contributed by atoms with E-state index >= 15 is 0 Å². The number of carbonyl (C=O) groups excluding carboxylic acids is 1. The third-order valence-corrected chi connectivity index (χ3v) is 5.91. The third kappa shape index (κ3) is 5.16. The molecule has 1 saturated heterocycles. The van der Waals surface area contributed by atoms with Gasteiger partial charge < -0.3 is 9.73 Å². The number of amides is 1. The predicted octanol–water partition coefficient (Wildman–Crippen LogP) is 3.31. The first-order valence-electron chi connectivity index (χ1n) is 9.07. The van der Waals surface area contributed by atoms with Gasteiger partial charge in [0.2, 0.25) is 5.91 Å². The van der Waals surface area contributed by atoms with Crippen LogP contribution in [0.3, 0.4) is 0 Å². The first kappa shape index (κ1) is 18.1. The van der Waals surface area contributed by atoms with E-state index in [1.165, 1.54) is 9.88 Å². The van der Waals surface area contributed by atoms with Crippen molar-refractivity contribution in [1.82, 2.24) is 15.2 Å². The van der Waals surface area contributed by atoms with Crippen molar-refractivity contribution in [3.63, 3.8) is 0 Å². The van der Waals surface area contributed by atoms with E-state index in [1.807, 2.05) is 12.1 Å². The van der Waals surface area contributed by atoms with E-state index in [4.69, 9.17) is 4.42 Å². The van der Waals surface area contributed by atoms with Crippen molar-refractivity contribution in [2.24, 2.45) is 5.92 Å². The molecule has 1 amide bonds. The standard InChI is InChI=1S/C19H27N3O2S/c1-14-15(2)25-18(21-14)8-3-9-20-19(23)16-6-4-10-22(12-16)13-17-7-5-11-24-17/h5,7,11,16H,3-4,6,8-10,12-13H2,1-2H3,(H,20,23). The van der Waals surface area contributed by atoms with Gasteiger partial charge in [-0.05, 0) is 51.8 Å². The van der Waals surface area contributed by atoms with E-state index in [0.717, 1.165) is 63.3 Å². The molecule has 1 unspecified atom stereocenters. The lowest BCUT2D eigenvalue weighted by atomic mass is 9.97. The van der Waals surface area contributed by atoms with Gasteiger partial charge in [-0.3, -0.25) is 9.69 Å². The number of carbonyl (C=O) groups is 1. The summed E-state index contributed by atoms with van der Waals surface area (Å²) in [4.78, 5) is 20.6. The quantitative estimate of drug-likeness (QED) is 0.769. The molecule has 2 aromatic heterocycles. The third-order valence-electron chi connectivity index (χ3n) is 4.78. The fraction of sp³-hybridized carbons (Fsp3) is 0.579. The highest BCUT2D eigenvalue weighted by molar-refractivity contribution is 7.11. The molecule has 25 heavy (non-hydrogen) atoms. The number of nitrogens with one attached hydrogen (secondary N) is 1. The molecule has 1 N–H and O–H groups in total. The maximum Gasteiger partial charge on any atom is 0.224 e. The largest absolute Gasteiger partial charge is 0.468 e. The molecule has 136 valence electrons. The minimum absolute atomic E-state index is 0.0908. The number of aromatic nitrogens is 1. The molecule has 2 aromatic rings. The van der Waals surface area contributed by atoms with Gasteiger partial charge in [-0.2, -0.15) is 0 Å². The lowest BCUT2D eigenvalue weighted by Crippen LogP contribution is -2.42. The molecular weight excluding hydrogens is 334 g/mol. The summed E-state index contributed by atoms with van der Waals surface area (Å²) in [7, 11) is 0. The van der Waals surface area contributed by atoms with Gasteiger partial charge in [0.1, 0.15) is 5.76 Å². The van der Waals surface area contributed by atoms with Gasteiger partial charge in [0, 0.05) is 24.4 Å². The van der Waals surface area contributed by atoms with Crippen molar-refractivity contribution in [2.75, 3.05) is 19.6 Å². The highest BCUT2D eigenvalue weighted by Gasteiger charge is 2.25. The fourth-order valence-corrected chi connectivity index (χ4v) is 4.25. The molecule has 0 saturated carbocycles. The Kier molecular flexibility index (Phi) is 6.26. The van der Waals surface area contributed by atoms with Crippen molar-refractivity contribution >= 4 is 17.2 Å². The summed E-state index contributed by atoms with van der Waals surface area (Å²) >= 11 is 1.76. The second-order valence-electron chi connectivity index (χ2n) is 6.80. The Morgan fingerprint density at radius 3 is 3.08 bits per heavy atom. The van der Waals surface area contributed by atoms with Gasteiger partial charge in [-0.25, -0.2) is 4.98 Å². The number of hydrogen-bond acceptors (Lipinski definition) is 5. The van der Waals surface area contributed by atoms with Crippen LogP contribution in [0.5, 0.6) is 0 Å². The second kappa shape index (κ2) is 8.63. The Hall–Kier alpha value is -1.66. The van der Waals surface area contributed by atoms with Gasteiger partial charge in [0.05, 0.1) is 29.4 Å². The molecule has 0 spiro atoms. The predicted molar refractivity (Wildman–Crippen MR) is 99.6 cm³/mol. The van der Waals surface area contributed by atoms with E-state index in [-0.39, 0.29) is 11.8 Å². The summed E-state index contributed by atoms with van der Waals surface area (Å²) in [5.41, 5.74) is 1.13. The average Bonchev–Trinajstić information content (AvgIpc) is 3.22. The zero-order valence-electron chi connectivity index (χ0n) is 15.1. The highest BCUT2D eigenvalue weighted by atomic mass is 32.1. The smallest absolute Gasteiger partial charge is 0.224 e. The van der Waals surface area contributed by atoms with Crippen LogP contribution in [0, 0.1) is 19.8 Å². The van der Waals surface area contributed by atoms with E-state index < -0.39 is 0 Å². The first-order chi connectivity index (χ1) is 12.1. The van der Waals surface area contributed by atoms with Gasteiger partial charge in [-0.1, -0.05) is 0 Å². The lowest BCUT2D eigenvalue weighted by Gasteiger charge is -2.31. The van der Waals surface area contributed by atoms with Crippen molar-refractivity contribution in [2.45, 2.75) is 46.1 Å². The van der Waals surface area contributed by atoms with Crippen molar-refractivity contribution in [1.29, 1.82) is 0 Å². The maximum absolute atomic E-state index is 12.4. The molecule has 1 aliphatic rings. The molecular formula is C19H27N3O2S. The minimum Gasteiger partial charge on any atom is -0.468 e. The Balaban J connectivity index is 1.38. The van der Waals surface area contributed by atoms with Gasteiger partial charge in [0.25, 0.3) is 0 Å². The minimum atomic E-state index is 0.0908. The zero-order valence-corrected chi connectivity index (χ0v) is 15.9. The normalized spacial score (nSPS) is 18.4. The number of hydrogen-bond donors (Lipinski definition) is 1. The van der Waals surface area contributed by atoms with E-state index in [9.17, 15) is 4.79 Å². The van der Waals surface area contributed by atoms with Crippen LogP contribution in [0.1, 0.15) is 40.6 Å². The Labute approximate surface area is 153 Å². The Morgan fingerprint density at radius 2 is 2.36 bits per heavy atom. The molecule has 0 radical (unpaired) electrons. The average molecular weight is 362 g/mol. The second-order valence-corrected chi connectivity index (χ2v) is 8.09. The van der Waals surface area contributed by atoms with Gasteiger partial charge in [0.15, 0.2) is 0 Å². The number of nitrogens with zero attached hydrogens (tertiary/aromatic N) is 2. The van der Waals surface area contributed by atoms with Crippen LogP contribution >= 0.6 is 11.3 Å². The zero-order chi connectivity index (χ0) is 17.6. The lowest BCUT2D eigenvalue weighted by molar-refractivity contribution is -0.126. The molecule has 6 heteroatoms. The monoisotopic (exact) mass is 361 g/mol. The highest BCUT2D eigenvalue weighted by Crippen LogP contribution is 2.20. The summed E-state index contributed by atoms with van der Waals surface area (Å²) in [6.07, 6.45) is 5.63. The molecule has 5 nitrogen and oxygen atoms in total. The molecule has 0 aromatic carbocycles. The van der Waals surface area contributed by atoms with Crippen LogP contribution in [0.2, 0.25) is 0 Å². The van der Waals surface area contributed by atoms with Crippen LogP contribution in [0.15, 0.2) is 22.8 Å². The van der Waals surface area contributed by atoms with Crippen LogP contribution in [0.4, 0.5) is 0 Å². The summed E-state index contributed by atoms with van der Waals surface area (Å²) in [6, 6.07) is 3.90. The number of furan rings is 1. The van der Waals surface area contributed by atoms with Crippen molar-refractivity contribution < 1.29 is 9.21 Å². The Bertz CT molecular complexity index is 661. The Morgan fingerprint density at radius 1 is 1.48 bits per heavy atom. The maximum atomic E-state index is 12.4. The molecule has 1 atom stereocenters. The van der Waals surface area contributed by atoms with Crippen molar-refractivity contribution in [3.05, 3.63) is 39.7 Å². The summed E-state index contributed by atoms with van der Waals surface area (Å²) in [5, 5.41) is 4.28. The summed E-state index contributed by atoms with van der Waals surface area (Å²) in [5.74, 6) is 1.25. The topological polar surface area (TPSA) is 58.4 Å². The van der Waals surface area contributed by atoms with E-state index in [0.29, 0.717) is 0 Å². The molecule has 0 bridgehead atoms. The van der Waals surface area contributed by atoms with Crippen molar-refractivity contribution in [3.8, 4) is 0 Å². The summed E-state index contributed by atoms with van der Waals surface area (Å²) < 4.78 is 5.42. The van der Waals surface area contributed by atoms with Crippen LogP contribution in [0.25, 0.3) is 0 Å². The van der Waals surface area contributed by atoms with Crippen LogP contribution in [-0.4, -0.2) is 35.4 Å². The fourth-order valence-electron chi connectivity index (χ4n) is 3.28. The van der Waals surface area contributed by atoms with E-state index in [2.05, 4.69) is 29.0 Å².